The second kappa shape index (κ2) is 8.74. The number of nitrogens with zero attached hydrogens (tertiary/aromatic N) is 4. The number of aryl methyl sites for hydroxylation is 1. The number of nitrogens with one attached hydrogen (secondary N) is 1. The third-order valence-electron chi connectivity index (χ3n) is 4.98. The summed E-state index contributed by atoms with van der Waals surface area (Å²) in [4.78, 5) is 12.4. The Morgan fingerprint density at radius 2 is 1.91 bits per heavy atom. The van der Waals surface area contributed by atoms with Crippen LogP contribution in [0.1, 0.15) is 42.1 Å². The molecule has 12 heteroatoms. The monoisotopic (exact) mass is 489 g/mol. The average Bonchev–Trinajstić information content (AvgIpc) is 3.40. The van der Waals surface area contributed by atoms with Crippen LogP contribution < -0.4 is 5.32 Å². The lowest BCUT2D eigenvalue weighted by Gasteiger charge is -2.07. The molecule has 1 aliphatic rings. The lowest BCUT2D eigenvalue weighted by molar-refractivity contribution is -0.141. The second-order valence-electron chi connectivity index (χ2n) is 7.46. The van der Waals surface area contributed by atoms with E-state index in [1.807, 2.05) is 0 Å². The Hall–Kier alpha value is -2.59. The summed E-state index contributed by atoms with van der Waals surface area (Å²) in [5.41, 5.74) is -0.441. The fourth-order valence-electron chi connectivity index (χ4n) is 3.32. The molecule has 2 aromatic heterocycles. The van der Waals surface area contributed by atoms with Gasteiger partial charge in [-0.05, 0) is 18.9 Å². The molecule has 2 heterocycles. The van der Waals surface area contributed by atoms with Gasteiger partial charge in [0.05, 0.1) is 23.8 Å². The van der Waals surface area contributed by atoms with Gasteiger partial charge in [-0.2, -0.15) is 23.4 Å². The van der Waals surface area contributed by atoms with E-state index in [1.165, 1.54) is 16.9 Å². The molecule has 1 saturated carbocycles. The number of halogens is 6. The van der Waals surface area contributed by atoms with E-state index in [-0.39, 0.29) is 36.3 Å². The quantitative estimate of drug-likeness (QED) is 0.445. The van der Waals surface area contributed by atoms with Crippen molar-refractivity contribution < 1.29 is 22.4 Å². The number of hydrogen-bond donors (Lipinski definition) is 1. The van der Waals surface area contributed by atoms with E-state index in [1.54, 1.807) is 18.2 Å². The summed E-state index contributed by atoms with van der Waals surface area (Å²) in [6, 6.07) is 6.18. The van der Waals surface area contributed by atoms with Gasteiger partial charge in [-0.15, -0.1) is 0 Å². The number of carbonyl (C=O) groups excluding carboxylic acids is 1. The highest BCUT2D eigenvalue weighted by Crippen LogP contribution is 2.46. The Morgan fingerprint density at radius 3 is 2.56 bits per heavy atom. The minimum absolute atomic E-state index is 0.0740. The number of rotatable bonds is 7. The van der Waals surface area contributed by atoms with Crippen molar-refractivity contribution >= 4 is 34.9 Å². The molecular formula is C20H17Cl2F4N5O. The zero-order valence-corrected chi connectivity index (χ0v) is 18.0. The Bertz CT molecular complexity index is 1150. The number of benzene rings is 1. The van der Waals surface area contributed by atoms with Crippen LogP contribution in [0.2, 0.25) is 10.0 Å². The minimum Gasteiger partial charge on any atom is -0.308 e. The van der Waals surface area contributed by atoms with Crippen molar-refractivity contribution in [2.24, 2.45) is 0 Å². The van der Waals surface area contributed by atoms with Crippen molar-refractivity contribution in [3.8, 4) is 0 Å². The fraction of sp³-hybridized carbons (Fsp3) is 0.350. The fourth-order valence-corrected chi connectivity index (χ4v) is 3.91. The predicted octanol–water partition coefficient (Wildman–Crippen LogP) is 5.50. The largest absolute Gasteiger partial charge is 0.436 e. The Labute approximate surface area is 190 Å². The van der Waals surface area contributed by atoms with Gasteiger partial charge < -0.3 is 5.32 Å². The van der Waals surface area contributed by atoms with Gasteiger partial charge in [-0.25, -0.2) is 4.39 Å². The van der Waals surface area contributed by atoms with E-state index in [4.69, 9.17) is 23.2 Å². The molecule has 0 saturated heterocycles. The molecule has 0 unspecified atom stereocenters. The molecule has 0 aliphatic heterocycles. The minimum atomic E-state index is -4.67. The molecule has 1 N–H and O–H groups in total. The smallest absolute Gasteiger partial charge is 0.308 e. The first-order valence-corrected chi connectivity index (χ1v) is 10.5. The Kier molecular flexibility index (Phi) is 6.17. The molecule has 1 aliphatic carbocycles. The summed E-state index contributed by atoms with van der Waals surface area (Å²) in [5.74, 6) is -0.917. The van der Waals surface area contributed by atoms with Gasteiger partial charge in [-0.1, -0.05) is 41.4 Å². The summed E-state index contributed by atoms with van der Waals surface area (Å²) in [5, 5.41) is 10.0. The Morgan fingerprint density at radius 1 is 1.19 bits per heavy atom. The highest BCUT2D eigenvalue weighted by Gasteiger charge is 2.42. The molecule has 1 fully saturated rings. The molecule has 0 bridgehead atoms. The van der Waals surface area contributed by atoms with Crippen molar-refractivity contribution in [3.05, 3.63) is 63.3 Å². The number of amides is 1. The maximum Gasteiger partial charge on any atom is 0.436 e. The molecule has 1 amide bonds. The van der Waals surface area contributed by atoms with E-state index in [9.17, 15) is 22.4 Å². The number of anilines is 1. The Balaban J connectivity index is 1.42. The summed E-state index contributed by atoms with van der Waals surface area (Å²) in [6.45, 7) is 0.0278. The maximum atomic E-state index is 13.8. The predicted molar refractivity (Wildman–Crippen MR) is 110 cm³/mol. The van der Waals surface area contributed by atoms with Gasteiger partial charge in [0.1, 0.15) is 10.8 Å². The van der Waals surface area contributed by atoms with Crippen LogP contribution in [0, 0.1) is 5.82 Å². The van der Waals surface area contributed by atoms with E-state index in [0.29, 0.717) is 11.3 Å². The molecule has 32 heavy (non-hydrogen) atoms. The maximum absolute atomic E-state index is 13.8. The van der Waals surface area contributed by atoms with Crippen LogP contribution in [-0.4, -0.2) is 25.5 Å². The molecule has 4 rings (SSSR count). The number of hydrogen-bond acceptors (Lipinski definition) is 3. The van der Waals surface area contributed by atoms with E-state index in [0.717, 1.165) is 17.5 Å². The van der Waals surface area contributed by atoms with Gasteiger partial charge in [0.15, 0.2) is 11.5 Å². The van der Waals surface area contributed by atoms with Crippen molar-refractivity contribution in [1.29, 1.82) is 0 Å². The summed E-state index contributed by atoms with van der Waals surface area (Å²) >= 11 is 12.0. The number of alkyl halides is 3. The summed E-state index contributed by atoms with van der Waals surface area (Å²) in [6.07, 6.45) is -1.94. The molecule has 6 nitrogen and oxygen atoms in total. The molecule has 1 aromatic carbocycles. The highest BCUT2D eigenvalue weighted by atomic mass is 35.5. The normalized spacial score (nSPS) is 14.1. The van der Waals surface area contributed by atoms with Crippen molar-refractivity contribution in [1.82, 2.24) is 19.6 Å². The van der Waals surface area contributed by atoms with Crippen LogP contribution in [0.3, 0.4) is 0 Å². The average molecular weight is 490 g/mol. The summed E-state index contributed by atoms with van der Waals surface area (Å²) in [7, 11) is 0. The number of carbonyl (C=O) groups is 1. The van der Waals surface area contributed by atoms with Crippen LogP contribution in [0.5, 0.6) is 0 Å². The van der Waals surface area contributed by atoms with Crippen LogP contribution in [-0.2, 0) is 24.1 Å². The molecule has 3 aromatic rings. The first-order valence-electron chi connectivity index (χ1n) is 9.73. The zero-order chi connectivity index (χ0) is 23.0. The lowest BCUT2D eigenvalue weighted by Crippen LogP contribution is -2.17. The first-order chi connectivity index (χ1) is 15.1. The standard InChI is InChI=1S/C20H17Cl2F4N5O/c21-13-10-30(9-12-3-1-2-4-14(12)23)29-19(13)27-15(32)7-8-31-17(11-5-6-11)16(22)18(28-31)20(24,25)26/h1-4,10-11H,5-9H2,(H,27,29,32). The summed E-state index contributed by atoms with van der Waals surface area (Å²) < 4.78 is 55.8. The van der Waals surface area contributed by atoms with Crippen molar-refractivity contribution in [2.75, 3.05) is 5.32 Å². The molecule has 0 radical (unpaired) electrons. The van der Waals surface area contributed by atoms with Gasteiger partial charge in [0.25, 0.3) is 0 Å². The van der Waals surface area contributed by atoms with Crippen molar-refractivity contribution in [3.63, 3.8) is 0 Å². The van der Waals surface area contributed by atoms with Crippen molar-refractivity contribution in [2.45, 2.75) is 44.4 Å². The molecular weight excluding hydrogens is 473 g/mol. The van der Waals surface area contributed by atoms with Gasteiger partial charge >= 0.3 is 6.18 Å². The molecule has 0 spiro atoms. The zero-order valence-electron chi connectivity index (χ0n) is 16.5. The number of aromatic nitrogens is 4. The topological polar surface area (TPSA) is 64.7 Å². The van der Waals surface area contributed by atoms with E-state index in [2.05, 4.69) is 15.5 Å². The van der Waals surface area contributed by atoms with Gasteiger partial charge in [-0.3, -0.25) is 14.2 Å². The third-order valence-corrected chi connectivity index (χ3v) is 5.63. The third kappa shape index (κ3) is 4.91. The van der Waals surface area contributed by atoms with Crippen LogP contribution in [0.25, 0.3) is 0 Å². The first kappa shape index (κ1) is 22.6. The second-order valence-corrected chi connectivity index (χ2v) is 8.24. The van der Waals surface area contributed by atoms with Crippen LogP contribution in [0.15, 0.2) is 30.5 Å². The van der Waals surface area contributed by atoms with Crippen LogP contribution >= 0.6 is 23.2 Å². The highest BCUT2D eigenvalue weighted by molar-refractivity contribution is 6.33. The molecule has 0 atom stereocenters. The van der Waals surface area contributed by atoms with Gasteiger partial charge in [0, 0.05) is 24.1 Å². The molecule has 170 valence electrons. The van der Waals surface area contributed by atoms with E-state index < -0.39 is 28.6 Å². The van der Waals surface area contributed by atoms with Crippen LogP contribution in [0.4, 0.5) is 23.4 Å². The lowest BCUT2D eigenvalue weighted by atomic mass is 10.2. The van der Waals surface area contributed by atoms with Gasteiger partial charge in [0.2, 0.25) is 5.91 Å². The van der Waals surface area contributed by atoms with E-state index >= 15 is 0 Å². The SMILES string of the molecule is O=C(CCn1nc(C(F)(F)F)c(Cl)c1C1CC1)Nc1nn(Cc2ccccc2F)cc1Cl.